The molecule has 0 aliphatic carbocycles. The lowest BCUT2D eigenvalue weighted by atomic mass is 10.1. The van der Waals surface area contributed by atoms with Gasteiger partial charge < -0.3 is 20.1 Å². The van der Waals surface area contributed by atoms with Crippen molar-refractivity contribution in [2.24, 2.45) is 0 Å². The minimum atomic E-state index is -4.56. The van der Waals surface area contributed by atoms with E-state index < -0.39 is 29.1 Å². The molecule has 0 atom stereocenters. The molecule has 2 rings (SSSR count). The number of rotatable bonds is 9. The second-order valence-corrected chi connectivity index (χ2v) is 6.10. The lowest BCUT2D eigenvalue weighted by Gasteiger charge is -2.16. The topological polar surface area (TPSA) is 103 Å². The number of nitrogens with one attached hydrogen (secondary N) is 2. The Morgan fingerprint density at radius 1 is 1.17 bits per heavy atom. The highest BCUT2D eigenvalue weighted by Crippen LogP contribution is 2.35. The van der Waals surface area contributed by atoms with Crippen LogP contribution >= 0.6 is 0 Å². The molecule has 0 fully saturated rings. The smallest absolute Gasteiger partial charge is 0.416 e. The monoisotopic (exact) mass is 427 g/mol. The molecule has 0 aliphatic heterocycles. The van der Waals surface area contributed by atoms with Crippen molar-refractivity contribution >= 4 is 23.0 Å². The number of alkyl halides is 3. The SMILES string of the molecule is CCCOc1ccc(C(F)(F)F)cc1NCC(=O)Nc1ccc(OC)cc1[N+](=O)[O-]. The molecule has 0 saturated heterocycles. The molecule has 0 radical (unpaired) electrons. The van der Waals surface area contributed by atoms with Gasteiger partial charge in [-0.15, -0.1) is 0 Å². The van der Waals surface area contributed by atoms with E-state index in [0.717, 1.165) is 18.2 Å². The lowest BCUT2D eigenvalue weighted by molar-refractivity contribution is -0.384. The van der Waals surface area contributed by atoms with Crippen molar-refractivity contribution in [2.75, 3.05) is 30.9 Å². The molecule has 0 unspecified atom stereocenters. The zero-order valence-corrected chi connectivity index (χ0v) is 16.2. The average Bonchev–Trinajstić information content (AvgIpc) is 2.70. The predicted octanol–water partition coefficient (Wildman–Crippen LogP) is 4.46. The third-order valence-electron chi connectivity index (χ3n) is 3.88. The highest BCUT2D eigenvalue weighted by molar-refractivity contribution is 5.96. The van der Waals surface area contributed by atoms with Crippen molar-refractivity contribution in [3.63, 3.8) is 0 Å². The summed E-state index contributed by atoms with van der Waals surface area (Å²) in [5.41, 5.74) is -1.37. The van der Waals surface area contributed by atoms with E-state index in [1.165, 1.54) is 25.3 Å². The van der Waals surface area contributed by atoms with Crippen molar-refractivity contribution in [3.8, 4) is 11.5 Å². The number of benzene rings is 2. The van der Waals surface area contributed by atoms with Crippen LogP contribution in [-0.2, 0) is 11.0 Å². The van der Waals surface area contributed by atoms with E-state index in [2.05, 4.69) is 10.6 Å². The number of nitrogens with zero attached hydrogens (tertiary/aromatic N) is 1. The summed E-state index contributed by atoms with van der Waals surface area (Å²) in [5.74, 6) is -0.297. The summed E-state index contributed by atoms with van der Waals surface area (Å²) >= 11 is 0. The van der Waals surface area contributed by atoms with E-state index >= 15 is 0 Å². The molecule has 162 valence electrons. The number of hydrogen-bond acceptors (Lipinski definition) is 6. The van der Waals surface area contributed by atoms with E-state index in [1.807, 2.05) is 6.92 Å². The standard InChI is InChI=1S/C19H20F3N3O5/c1-3-8-30-17-7-4-12(19(20,21)22)9-15(17)23-11-18(26)24-14-6-5-13(29-2)10-16(14)25(27)28/h4-7,9-10,23H,3,8,11H2,1-2H3,(H,24,26). The zero-order valence-electron chi connectivity index (χ0n) is 16.2. The largest absolute Gasteiger partial charge is 0.496 e. The minimum Gasteiger partial charge on any atom is -0.496 e. The lowest BCUT2D eigenvalue weighted by Crippen LogP contribution is -2.22. The molecule has 0 heterocycles. The van der Waals surface area contributed by atoms with Crippen LogP contribution in [0.2, 0.25) is 0 Å². The summed E-state index contributed by atoms with van der Waals surface area (Å²) in [6.07, 6.45) is -3.92. The quantitative estimate of drug-likeness (QED) is 0.452. The van der Waals surface area contributed by atoms with Crippen LogP contribution in [0.15, 0.2) is 36.4 Å². The van der Waals surface area contributed by atoms with E-state index in [1.54, 1.807) is 0 Å². The van der Waals surface area contributed by atoms with Crippen LogP contribution < -0.4 is 20.1 Å². The Kier molecular flexibility index (Phi) is 7.45. The minimum absolute atomic E-state index is 0.0161. The van der Waals surface area contributed by atoms with Gasteiger partial charge in [0.1, 0.15) is 17.2 Å². The first-order chi connectivity index (χ1) is 14.2. The van der Waals surface area contributed by atoms with Crippen LogP contribution in [0.4, 0.5) is 30.2 Å². The van der Waals surface area contributed by atoms with Gasteiger partial charge in [-0.3, -0.25) is 14.9 Å². The van der Waals surface area contributed by atoms with Gasteiger partial charge in [-0.05, 0) is 36.8 Å². The summed E-state index contributed by atoms with van der Waals surface area (Å²) in [6, 6.07) is 6.78. The molecule has 0 saturated carbocycles. The molecule has 0 aliphatic rings. The average molecular weight is 427 g/mol. The molecule has 1 amide bonds. The zero-order chi connectivity index (χ0) is 22.3. The van der Waals surface area contributed by atoms with Gasteiger partial charge in [-0.1, -0.05) is 6.92 Å². The number of halogens is 3. The fraction of sp³-hybridized carbons (Fsp3) is 0.316. The van der Waals surface area contributed by atoms with Crippen molar-refractivity contribution in [1.29, 1.82) is 0 Å². The maximum absolute atomic E-state index is 13.0. The van der Waals surface area contributed by atoms with Gasteiger partial charge in [0.15, 0.2) is 0 Å². The summed E-state index contributed by atoms with van der Waals surface area (Å²) in [7, 11) is 1.34. The second-order valence-electron chi connectivity index (χ2n) is 6.10. The number of nitro groups is 1. The molecule has 8 nitrogen and oxygen atoms in total. The summed E-state index contributed by atoms with van der Waals surface area (Å²) in [4.78, 5) is 22.7. The molecule has 2 aromatic carbocycles. The maximum atomic E-state index is 13.0. The summed E-state index contributed by atoms with van der Waals surface area (Å²) in [6.45, 7) is 1.68. The van der Waals surface area contributed by atoms with Gasteiger partial charge in [-0.2, -0.15) is 13.2 Å². The third-order valence-corrected chi connectivity index (χ3v) is 3.88. The third kappa shape index (κ3) is 6.00. The Morgan fingerprint density at radius 2 is 1.90 bits per heavy atom. The van der Waals surface area contributed by atoms with E-state index in [0.29, 0.717) is 6.42 Å². The van der Waals surface area contributed by atoms with Gasteiger partial charge in [0.05, 0.1) is 42.5 Å². The van der Waals surface area contributed by atoms with E-state index in [-0.39, 0.29) is 35.2 Å². The highest BCUT2D eigenvalue weighted by atomic mass is 19.4. The van der Waals surface area contributed by atoms with Crippen LogP contribution in [0.1, 0.15) is 18.9 Å². The first-order valence-corrected chi connectivity index (χ1v) is 8.86. The number of hydrogen-bond donors (Lipinski definition) is 2. The molecular weight excluding hydrogens is 407 g/mol. The van der Waals surface area contributed by atoms with Crippen LogP contribution in [0.5, 0.6) is 11.5 Å². The molecule has 0 aromatic heterocycles. The number of methoxy groups -OCH3 is 1. The maximum Gasteiger partial charge on any atom is 0.416 e. The molecular formula is C19H20F3N3O5. The van der Waals surface area contributed by atoms with Gasteiger partial charge in [0, 0.05) is 0 Å². The number of nitro benzene ring substituents is 1. The Morgan fingerprint density at radius 3 is 2.50 bits per heavy atom. The molecule has 30 heavy (non-hydrogen) atoms. The first kappa shape index (κ1) is 22.8. The molecule has 2 N–H and O–H groups in total. The number of amides is 1. The molecule has 0 spiro atoms. The Hall–Kier alpha value is -3.50. The van der Waals surface area contributed by atoms with Crippen LogP contribution in [-0.4, -0.2) is 31.1 Å². The fourth-order valence-electron chi connectivity index (χ4n) is 2.45. The van der Waals surface area contributed by atoms with E-state index in [9.17, 15) is 28.1 Å². The van der Waals surface area contributed by atoms with Crippen molar-refractivity contribution in [2.45, 2.75) is 19.5 Å². The van der Waals surface area contributed by atoms with Crippen molar-refractivity contribution < 1.29 is 32.4 Å². The van der Waals surface area contributed by atoms with Crippen LogP contribution in [0.25, 0.3) is 0 Å². The Labute approximate surface area is 170 Å². The number of anilines is 2. The van der Waals surface area contributed by atoms with Crippen LogP contribution in [0.3, 0.4) is 0 Å². The normalized spacial score (nSPS) is 11.0. The number of carbonyl (C=O) groups is 1. The predicted molar refractivity (Wildman–Crippen MR) is 104 cm³/mol. The molecule has 11 heteroatoms. The fourth-order valence-corrected chi connectivity index (χ4v) is 2.45. The van der Waals surface area contributed by atoms with E-state index in [4.69, 9.17) is 9.47 Å². The van der Waals surface area contributed by atoms with Crippen molar-refractivity contribution in [3.05, 3.63) is 52.1 Å². The van der Waals surface area contributed by atoms with Gasteiger partial charge in [0.25, 0.3) is 5.69 Å². The molecule has 0 bridgehead atoms. The van der Waals surface area contributed by atoms with Crippen molar-refractivity contribution in [1.82, 2.24) is 0 Å². The number of ether oxygens (including phenoxy) is 2. The summed E-state index contributed by atoms with van der Waals surface area (Å²) < 4.78 is 49.3. The van der Waals surface area contributed by atoms with Gasteiger partial charge in [-0.25, -0.2) is 0 Å². The van der Waals surface area contributed by atoms with Crippen LogP contribution in [0, 0.1) is 10.1 Å². The number of carbonyl (C=O) groups excluding carboxylic acids is 1. The second kappa shape index (κ2) is 9.81. The summed E-state index contributed by atoms with van der Waals surface area (Å²) in [5, 5.41) is 16.1. The highest BCUT2D eigenvalue weighted by Gasteiger charge is 2.31. The first-order valence-electron chi connectivity index (χ1n) is 8.86. The van der Waals surface area contributed by atoms with Gasteiger partial charge in [0.2, 0.25) is 5.91 Å². The van der Waals surface area contributed by atoms with Gasteiger partial charge >= 0.3 is 6.18 Å². The Bertz CT molecular complexity index is 919. The molecule has 2 aromatic rings. The Balaban J connectivity index is 2.16.